The highest BCUT2D eigenvalue weighted by atomic mass is 35.5. The molecule has 0 radical (unpaired) electrons. The van der Waals surface area contributed by atoms with Gasteiger partial charge in [-0.3, -0.25) is 4.79 Å². The van der Waals surface area contributed by atoms with E-state index in [4.69, 9.17) is 32.7 Å². The fourth-order valence-electron chi connectivity index (χ4n) is 2.68. The van der Waals surface area contributed by atoms with E-state index in [0.717, 1.165) is 0 Å². The molecule has 7 nitrogen and oxygen atoms in total. The van der Waals surface area contributed by atoms with Crippen molar-refractivity contribution in [1.29, 1.82) is 0 Å². The van der Waals surface area contributed by atoms with Crippen LogP contribution in [0.4, 0.5) is 5.82 Å². The van der Waals surface area contributed by atoms with Crippen LogP contribution in [0, 0.1) is 0 Å². The molecule has 0 spiro atoms. The van der Waals surface area contributed by atoms with Gasteiger partial charge in [0.1, 0.15) is 34.6 Å². The van der Waals surface area contributed by atoms with Gasteiger partial charge in [0.2, 0.25) is 0 Å². The van der Waals surface area contributed by atoms with Crippen molar-refractivity contribution in [3.8, 4) is 11.4 Å². The minimum Gasteiger partial charge on any atom is -0.494 e. The van der Waals surface area contributed by atoms with E-state index in [0.29, 0.717) is 33.2 Å². The standard InChI is InChI=1S/C19H20Cl2N4O3/c1-19(2,3)28-17(26)10-22-18-12-9-23-25(13(12)8-16(21)24-18)14-7-11(20)5-6-15(14)27-4/h5-9H,10H2,1-4H3,(H,22,24). The number of anilines is 1. The Bertz CT molecular complexity index is 1030. The molecule has 3 aromatic rings. The van der Waals surface area contributed by atoms with Gasteiger partial charge in [0.15, 0.2) is 0 Å². The van der Waals surface area contributed by atoms with Crippen molar-refractivity contribution in [2.75, 3.05) is 19.0 Å². The third-order valence-corrected chi connectivity index (χ3v) is 4.15. The number of carbonyl (C=O) groups excluding carboxylic acids is 1. The number of esters is 1. The minimum atomic E-state index is -0.566. The van der Waals surface area contributed by atoms with E-state index >= 15 is 0 Å². The van der Waals surface area contributed by atoms with Gasteiger partial charge in [-0.15, -0.1) is 0 Å². The Morgan fingerprint density at radius 2 is 2.00 bits per heavy atom. The summed E-state index contributed by atoms with van der Waals surface area (Å²) in [7, 11) is 1.57. The predicted octanol–water partition coefficient (Wildman–Crippen LogP) is 4.49. The first kappa shape index (κ1) is 20.2. The predicted molar refractivity (Wildman–Crippen MR) is 110 cm³/mol. The van der Waals surface area contributed by atoms with Gasteiger partial charge in [0.05, 0.1) is 24.2 Å². The van der Waals surface area contributed by atoms with E-state index in [1.54, 1.807) is 42.3 Å². The van der Waals surface area contributed by atoms with E-state index in [-0.39, 0.29) is 11.7 Å². The third kappa shape index (κ3) is 4.48. The van der Waals surface area contributed by atoms with Crippen molar-refractivity contribution in [2.45, 2.75) is 26.4 Å². The highest BCUT2D eigenvalue weighted by Gasteiger charge is 2.18. The lowest BCUT2D eigenvalue weighted by Gasteiger charge is -2.19. The summed E-state index contributed by atoms with van der Waals surface area (Å²) in [5, 5.41) is 8.89. The van der Waals surface area contributed by atoms with Gasteiger partial charge in [-0.1, -0.05) is 23.2 Å². The van der Waals surface area contributed by atoms with Crippen LogP contribution in [-0.4, -0.2) is 40.0 Å². The number of methoxy groups -OCH3 is 1. The molecular weight excluding hydrogens is 403 g/mol. The molecule has 0 saturated heterocycles. The smallest absolute Gasteiger partial charge is 0.325 e. The number of nitrogens with one attached hydrogen (secondary N) is 1. The molecule has 1 N–H and O–H groups in total. The van der Waals surface area contributed by atoms with Crippen LogP contribution in [0.3, 0.4) is 0 Å². The fourth-order valence-corrected chi connectivity index (χ4v) is 3.03. The molecule has 0 fully saturated rings. The molecule has 0 bridgehead atoms. The summed E-state index contributed by atoms with van der Waals surface area (Å²) in [5.74, 6) is 0.637. The maximum Gasteiger partial charge on any atom is 0.325 e. The molecule has 2 aromatic heterocycles. The van der Waals surface area contributed by atoms with Gasteiger partial charge in [0.25, 0.3) is 0 Å². The van der Waals surface area contributed by atoms with Crippen LogP contribution in [0.25, 0.3) is 16.6 Å². The molecule has 0 saturated carbocycles. The summed E-state index contributed by atoms with van der Waals surface area (Å²) in [6.07, 6.45) is 1.64. The lowest BCUT2D eigenvalue weighted by Crippen LogP contribution is -2.28. The molecule has 0 unspecified atom stereocenters. The van der Waals surface area contributed by atoms with E-state index in [2.05, 4.69) is 15.4 Å². The van der Waals surface area contributed by atoms with Crippen molar-refractivity contribution in [1.82, 2.24) is 14.8 Å². The number of carbonyl (C=O) groups is 1. The van der Waals surface area contributed by atoms with E-state index < -0.39 is 11.6 Å². The van der Waals surface area contributed by atoms with Crippen molar-refractivity contribution in [2.24, 2.45) is 0 Å². The van der Waals surface area contributed by atoms with E-state index in [1.807, 2.05) is 20.8 Å². The first-order valence-electron chi connectivity index (χ1n) is 8.52. The molecule has 0 aliphatic heterocycles. The topological polar surface area (TPSA) is 78.3 Å². The van der Waals surface area contributed by atoms with Gasteiger partial charge in [0, 0.05) is 11.1 Å². The number of ether oxygens (including phenoxy) is 2. The minimum absolute atomic E-state index is 0.0502. The summed E-state index contributed by atoms with van der Waals surface area (Å²) in [4.78, 5) is 16.3. The third-order valence-electron chi connectivity index (χ3n) is 3.73. The van der Waals surface area contributed by atoms with Gasteiger partial charge in [-0.25, -0.2) is 9.67 Å². The zero-order valence-electron chi connectivity index (χ0n) is 15.9. The van der Waals surface area contributed by atoms with Crippen LogP contribution in [0.1, 0.15) is 20.8 Å². The average molecular weight is 423 g/mol. The van der Waals surface area contributed by atoms with Crippen LogP contribution in [0.2, 0.25) is 10.2 Å². The maximum absolute atomic E-state index is 12.0. The molecule has 3 rings (SSSR count). The molecule has 0 aliphatic rings. The molecule has 0 atom stereocenters. The van der Waals surface area contributed by atoms with Crippen LogP contribution in [0.15, 0.2) is 30.5 Å². The monoisotopic (exact) mass is 422 g/mol. The molecule has 148 valence electrons. The second-order valence-corrected chi connectivity index (χ2v) is 7.86. The van der Waals surface area contributed by atoms with Crippen molar-refractivity contribution in [3.05, 3.63) is 40.6 Å². The van der Waals surface area contributed by atoms with Crippen LogP contribution >= 0.6 is 23.2 Å². The molecule has 28 heavy (non-hydrogen) atoms. The molecule has 0 amide bonds. The first-order chi connectivity index (χ1) is 13.2. The van der Waals surface area contributed by atoms with Crippen molar-refractivity contribution in [3.63, 3.8) is 0 Å². The van der Waals surface area contributed by atoms with Crippen LogP contribution < -0.4 is 10.1 Å². The molecule has 9 heteroatoms. The highest BCUT2D eigenvalue weighted by molar-refractivity contribution is 6.31. The summed E-state index contributed by atoms with van der Waals surface area (Å²) in [5.41, 5.74) is 0.779. The highest BCUT2D eigenvalue weighted by Crippen LogP contribution is 2.31. The Kier molecular flexibility index (Phi) is 5.67. The number of rotatable bonds is 5. The summed E-state index contributed by atoms with van der Waals surface area (Å²) >= 11 is 12.3. The van der Waals surface area contributed by atoms with Crippen LogP contribution in [-0.2, 0) is 9.53 Å². The summed E-state index contributed by atoms with van der Waals surface area (Å²) < 4.78 is 12.4. The van der Waals surface area contributed by atoms with Gasteiger partial charge >= 0.3 is 5.97 Å². The number of pyridine rings is 1. The maximum atomic E-state index is 12.0. The number of halogens is 2. The number of benzene rings is 1. The summed E-state index contributed by atoms with van der Waals surface area (Å²) in [6.45, 7) is 5.38. The number of nitrogens with zero attached hydrogens (tertiary/aromatic N) is 3. The van der Waals surface area contributed by atoms with Gasteiger partial charge in [-0.2, -0.15) is 5.10 Å². The largest absolute Gasteiger partial charge is 0.494 e. The Morgan fingerprint density at radius 1 is 1.25 bits per heavy atom. The lowest BCUT2D eigenvalue weighted by atomic mass is 10.2. The quantitative estimate of drug-likeness (QED) is 0.481. The zero-order chi connectivity index (χ0) is 20.5. The second kappa shape index (κ2) is 7.85. The first-order valence-corrected chi connectivity index (χ1v) is 9.27. The normalized spacial score (nSPS) is 11.5. The number of hydrogen-bond donors (Lipinski definition) is 1. The Morgan fingerprint density at radius 3 is 2.68 bits per heavy atom. The molecule has 0 aliphatic carbocycles. The van der Waals surface area contributed by atoms with Gasteiger partial charge in [-0.05, 0) is 39.0 Å². The fraction of sp³-hybridized carbons (Fsp3) is 0.316. The number of aromatic nitrogens is 3. The lowest BCUT2D eigenvalue weighted by molar-refractivity contribution is -0.152. The Balaban J connectivity index is 1.98. The molecule has 2 heterocycles. The molecular formula is C19H20Cl2N4O3. The van der Waals surface area contributed by atoms with Crippen molar-refractivity contribution >= 4 is 45.9 Å². The number of fused-ring (bicyclic) bond motifs is 1. The second-order valence-electron chi connectivity index (χ2n) is 7.04. The number of hydrogen-bond acceptors (Lipinski definition) is 6. The molecule has 1 aromatic carbocycles. The van der Waals surface area contributed by atoms with E-state index in [1.165, 1.54) is 0 Å². The van der Waals surface area contributed by atoms with Crippen LogP contribution in [0.5, 0.6) is 5.75 Å². The van der Waals surface area contributed by atoms with Gasteiger partial charge < -0.3 is 14.8 Å². The van der Waals surface area contributed by atoms with Crippen molar-refractivity contribution < 1.29 is 14.3 Å². The van der Waals surface area contributed by atoms with E-state index in [9.17, 15) is 4.79 Å². The Hall–Kier alpha value is -2.51. The SMILES string of the molecule is COc1ccc(Cl)cc1-n1ncc2c(NCC(=O)OC(C)(C)C)nc(Cl)cc21. The summed E-state index contributed by atoms with van der Waals surface area (Å²) in [6, 6.07) is 6.92. The average Bonchev–Trinajstić information content (AvgIpc) is 3.01. The Labute approximate surface area is 172 Å². The zero-order valence-corrected chi connectivity index (χ0v) is 17.4.